The normalized spacial score (nSPS) is 11.2. The van der Waals surface area contributed by atoms with E-state index in [9.17, 15) is 4.79 Å². The van der Waals surface area contributed by atoms with Gasteiger partial charge in [-0.2, -0.15) is 4.98 Å². The van der Waals surface area contributed by atoms with Gasteiger partial charge in [-0.3, -0.25) is 13.8 Å². The topological polar surface area (TPSA) is 89.1 Å². The lowest BCUT2D eigenvalue weighted by molar-refractivity contribution is 0.323. The molecule has 9 nitrogen and oxygen atoms in total. The number of aromatic nitrogens is 4. The molecule has 4 aromatic rings. The SMILES string of the molecule is CCCc1nc(C)c2c(=O)n(Cc3cc(OC)c(OC)c(OC)c3)c3ccc(OC)nc3n12. The van der Waals surface area contributed by atoms with Gasteiger partial charge in [-0.1, -0.05) is 6.92 Å². The van der Waals surface area contributed by atoms with Gasteiger partial charge in [-0.15, -0.1) is 0 Å². The van der Waals surface area contributed by atoms with Crippen molar-refractivity contribution in [1.82, 2.24) is 18.9 Å². The van der Waals surface area contributed by atoms with Crippen LogP contribution in [-0.4, -0.2) is 47.4 Å². The molecule has 0 aliphatic carbocycles. The Labute approximate surface area is 191 Å². The molecule has 0 fully saturated rings. The van der Waals surface area contributed by atoms with E-state index >= 15 is 0 Å². The van der Waals surface area contributed by atoms with Gasteiger partial charge in [0.05, 0.1) is 46.2 Å². The van der Waals surface area contributed by atoms with Crippen LogP contribution < -0.4 is 24.5 Å². The van der Waals surface area contributed by atoms with Crippen LogP contribution in [0.15, 0.2) is 29.1 Å². The fourth-order valence-electron chi connectivity index (χ4n) is 4.17. The number of pyridine rings is 1. The Kier molecular flexibility index (Phi) is 6.13. The van der Waals surface area contributed by atoms with Gasteiger partial charge in [0.15, 0.2) is 17.1 Å². The first-order valence-corrected chi connectivity index (χ1v) is 10.7. The van der Waals surface area contributed by atoms with E-state index in [4.69, 9.17) is 18.9 Å². The molecule has 0 atom stereocenters. The Morgan fingerprint density at radius 1 is 0.939 bits per heavy atom. The summed E-state index contributed by atoms with van der Waals surface area (Å²) in [5.41, 5.74) is 3.17. The molecule has 3 heterocycles. The molecule has 0 aliphatic rings. The maximum atomic E-state index is 13.7. The van der Waals surface area contributed by atoms with Crippen LogP contribution >= 0.6 is 0 Å². The second kappa shape index (κ2) is 9.01. The molecule has 4 rings (SSSR count). The number of aryl methyl sites for hydroxylation is 2. The monoisotopic (exact) mass is 452 g/mol. The number of imidazole rings is 1. The third kappa shape index (κ3) is 3.73. The molecule has 0 spiro atoms. The number of benzene rings is 1. The molecule has 0 amide bonds. The van der Waals surface area contributed by atoms with Crippen molar-refractivity contribution in [1.29, 1.82) is 0 Å². The van der Waals surface area contributed by atoms with Crippen molar-refractivity contribution in [2.75, 3.05) is 28.4 Å². The van der Waals surface area contributed by atoms with E-state index in [1.807, 2.05) is 29.5 Å². The molecule has 0 saturated carbocycles. The highest BCUT2D eigenvalue weighted by Gasteiger charge is 2.20. The van der Waals surface area contributed by atoms with Gasteiger partial charge in [-0.05, 0) is 37.1 Å². The van der Waals surface area contributed by atoms with Crippen LogP contribution in [0.3, 0.4) is 0 Å². The summed E-state index contributed by atoms with van der Waals surface area (Å²) in [6.07, 6.45) is 1.64. The fraction of sp³-hybridized carbons (Fsp3) is 0.375. The van der Waals surface area contributed by atoms with Gasteiger partial charge in [0.2, 0.25) is 11.6 Å². The number of ether oxygens (including phenoxy) is 4. The van der Waals surface area contributed by atoms with E-state index < -0.39 is 0 Å². The molecule has 0 bridgehead atoms. The Morgan fingerprint density at radius 2 is 1.64 bits per heavy atom. The second-order valence-corrected chi connectivity index (χ2v) is 7.67. The van der Waals surface area contributed by atoms with Crippen LogP contribution in [0.25, 0.3) is 16.7 Å². The standard InChI is InChI=1S/C24H28N4O5/c1-7-8-19-25-14(2)21-24(29)27(16-9-10-20(32-5)26-23(16)28(19)21)13-15-11-17(30-3)22(33-6)18(12-15)31-4/h9-12H,7-8,13H2,1-6H3. The minimum absolute atomic E-state index is 0.143. The number of hydrogen-bond acceptors (Lipinski definition) is 7. The van der Waals surface area contributed by atoms with Crippen LogP contribution in [-0.2, 0) is 13.0 Å². The Balaban J connectivity index is 2.01. The zero-order chi connectivity index (χ0) is 23.7. The van der Waals surface area contributed by atoms with Crippen LogP contribution in [0.1, 0.15) is 30.4 Å². The zero-order valence-electron chi connectivity index (χ0n) is 19.8. The molecule has 0 N–H and O–H groups in total. The maximum Gasteiger partial charge on any atom is 0.277 e. The largest absolute Gasteiger partial charge is 0.493 e. The van der Waals surface area contributed by atoms with Gasteiger partial charge in [0, 0.05) is 12.5 Å². The highest BCUT2D eigenvalue weighted by molar-refractivity contribution is 5.77. The molecule has 33 heavy (non-hydrogen) atoms. The second-order valence-electron chi connectivity index (χ2n) is 7.67. The summed E-state index contributed by atoms with van der Waals surface area (Å²) in [6.45, 7) is 4.22. The fourth-order valence-corrected chi connectivity index (χ4v) is 4.17. The van der Waals surface area contributed by atoms with Gasteiger partial charge in [0.1, 0.15) is 11.3 Å². The van der Waals surface area contributed by atoms with Gasteiger partial charge in [-0.25, -0.2) is 4.98 Å². The van der Waals surface area contributed by atoms with Crippen LogP contribution in [0.4, 0.5) is 0 Å². The number of rotatable bonds is 8. The van der Waals surface area contributed by atoms with Crippen molar-refractivity contribution in [3.8, 4) is 23.1 Å². The smallest absolute Gasteiger partial charge is 0.277 e. The number of methoxy groups -OCH3 is 4. The number of fused-ring (bicyclic) bond motifs is 3. The summed E-state index contributed by atoms with van der Waals surface area (Å²) in [5.74, 6) is 2.83. The van der Waals surface area contributed by atoms with E-state index in [1.54, 1.807) is 39.1 Å². The number of hydrogen-bond donors (Lipinski definition) is 0. The van der Waals surface area contributed by atoms with Crippen molar-refractivity contribution in [3.05, 3.63) is 51.7 Å². The summed E-state index contributed by atoms with van der Waals surface area (Å²) in [6, 6.07) is 7.28. The number of nitrogens with zero attached hydrogens (tertiary/aromatic N) is 4. The van der Waals surface area contributed by atoms with E-state index in [0.717, 1.165) is 24.2 Å². The van der Waals surface area contributed by atoms with E-state index in [-0.39, 0.29) is 12.1 Å². The minimum atomic E-state index is -0.143. The Bertz CT molecular complexity index is 1360. The average Bonchev–Trinajstić information content (AvgIpc) is 3.16. The van der Waals surface area contributed by atoms with Crippen LogP contribution in [0, 0.1) is 6.92 Å². The average molecular weight is 453 g/mol. The summed E-state index contributed by atoms with van der Waals surface area (Å²) in [5, 5.41) is 0. The lowest BCUT2D eigenvalue weighted by atomic mass is 10.1. The molecule has 0 aliphatic heterocycles. The molecule has 3 aromatic heterocycles. The summed E-state index contributed by atoms with van der Waals surface area (Å²) in [7, 11) is 6.26. The first kappa shape index (κ1) is 22.4. The van der Waals surface area contributed by atoms with Crippen LogP contribution in [0.2, 0.25) is 0 Å². The van der Waals surface area contributed by atoms with E-state index in [1.165, 1.54) is 0 Å². The molecule has 174 valence electrons. The quantitative estimate of drug-likeness (QED) is 0.405. The molecule has 0 radical (unpaired) electrons. The summed E-state index contributed by atoms with van der Waals surface area (Å²) >= 11 is 0. The van der Waals surface area contributed by atoms with E-state index in [2.05, 4.69) is 16.9 Å². The summed E-state index contributed by atoms with van der Waals surface area (Å²) in [4.78, 5) is 23.1. The third-order valence-electron chi connectivity index (χ3n) is 5.65. The lowest BCUT2D eigenvalue weighted by Gasteiger charge is -2.17. The van der Waals surface area contributed by atoms with Crippen molar-refractivity contribution < 1.29 is 18.9 Å². The molecular formula is C24H28N4O5. The van der Waals surface area contributed by atoms with Crippen LogP contribution in [0.5, 0.6) is 23.1 Å². The predicted octanol–water partition coefficient (Wildman–Crippen LogP) is 3.39. The highest BCUT2D eigenvalue weighted by atomic mass is 16.5. The van der Waals surface area contributed by atoms with Crippen molar-refractivity contribution in [2.45, 2.75) is 33.2 Å². The van der Waals surface area contributed by atoms with Gasteiger partial charge >= 0.3 is 0 Å². The first-order valence-electron chi connectivity index (χ1n) is 10.7. The van der Waals surface area contributed by atoms with Gasteiger partial charge < -0.3 is 18.9 Å². The predicted molar refractivity (Wildman–Crippen MR) is 125 cm³/mol. The molecular weight excluding hydrogens is 424 g/mol. The van der Waals surface area contributed by atoms with Crippen molar-refractivity contribution in [3.63, 3.8) is 0 Å². The zero-order valence-corrected chi connectivity index (χ0v) is 19.8. The molecule has 0 saturated heterocycles. The Hall–Kier alpha value is -3.75. The maximum absolute atomic E-state index is 13.7. The third-order valence-corrected chi connectivity index (χ3v) is 5.65. The Morgan fingerprint density at radius 3 is 2.21 bits per heavy atom. The molecule has 9 heteroatoms. The van der Waals surface area contributed by atoms with Crippen molar-refractivity contribution in [2.24, 2.45) is 0 Å². The molecule has 1 aromatic carbocycles. The summed E-state index contributed by atoms with van der Waals surface area (Å²) < 4.78 is 25.3. The highest BCUT2D eigenvalue weighted by Crippen LogP contribution is 2.38. The first-order chi connectivity index (χ1) is 16.0. The van der Waals surface area contributed by atoms with Crippen molar-refractivity contribution >= 4 is 16.7 Å². The molecule has 0 unspecified atom stereocenters. The van der Waals surface area contributed by atoms with Gasteiger partial charge in [0.25, 0.3) is 5.56 Å². The van der Waals surface area contributed by atoms with E-state index in [0.29, 0.717) is 45.5 Å². The lowest BCUT2D eigenvalue weighted by Crippen LogP contribution is -2.24. The minimum Gasteiger partial charge on any atom is -0.493 e.